The molecule has 3 aromatic heterocycles. The van der Waals surface area contributed by atoms with Gasteiger partial charge in [-0.25, -0.2) is 19.7 Å². The van der Waals surface area contributed by atoms with E-state index in [-0.39, 0.29) is 0 Å². The fourth-order valence-electron chi connectivity index (χ4n) is 1.72. The normalized spacial score (nSPS) is 12.4. The second-order valence-electron chi connectivity index (χ2n) is 3.75. The van der Waals surface area contributed by atoms with E-state index in [0.29, 0.717) is 21.9 Å². The summed E-state index contributed by atoms with van der Waals surface area (Å²) >= 11 is 1.37. The maximum atomic E-state index is 11.4. The minimum atomic E-state index is -0.964. The molecule has 0 aliphatic heterocycles. The lowest BCUT2D eigenvalue weighted by Crippen LogP contribution is -2.20. The van der Waals surface area contributed by atoms with Gasteiger partial charge in [0.05, 0.1) is 6.33 Å². The van der Waals surface area contributed by atoms with Crippen LogP contribution in [0.2, 0.25) is 0 Å². The Balaban J connectivity index is 1.98. The third-order valence-electron chi connectivity index (χ3n) is 2.58. The van der Waals surface area contributed by atoms with Crippen molar-refractivity contribution in [2.24, 2.45) is 0 Å². The third-order valence-corrected chi connectivity index (χ3v) is 3.52. The Labute approximate surface area is 111 Å². The molecule has 1 unspecified atom stereocenters. The van der Waals surface area contributed by atoms with E-state index < -0.39 is 12.0 Å². The van der Waals surface area contributed by atoms with Gasteiger partial charge in [-0.15, -0.1) is 11.3 Å². The Bertz CT molecular complexity index is 709. The molecule has 96 valence electrons. The van der Waals surface area contributed by atoms with Crippen LogP contribution in [0.25, 0.3) is 11.2 Å². The van der Waals surface area contributed by atoms with Crippen molar-refractivity contribution in [3.05, 3.63) is 35.0 Å². The standard InChI is InChI=1S/C11H9N5O2S/c17-11(18)7(6-2-1-3-19-6)16-10-8-9(13-4-12-8)14-5-15-10/h1-5,7H,(H,17,18)(H2,12,13,14,15,16). The number of carboxylic acid groups (broad SMARTS) is 1. The van der Waals surface area contributed by atoms with E-state index in [1.165, 1.54) is 24.0 Å². The van der Waals surface area contributed by atoms with Crippen LogP contribution in [0, 0.1) is 0 Å². The predicted molar refractivity (Wildman–Crippen MR) is 70.0 cm³/mol. The lowest BCUT2D eigenvalue weighted by molar-refractivity contribution is -0.138. The number of thiophene rings is 1. The van der Waals surface area contributed by atoms with E-state index in [1.807, 2.05) is 11.4 Å². The molecule has 3 heterocycles. The molecule has 0 radical (unpaired) electrons. The van der Waals surface area contributed by atoms with E-state index >= 15 is 0 Å². The molecule has 0 aromatic carbocycles. The highest BCUT2D eigenvalue weighted by Crippen LogP contribution is 2.25. The number of aliphatic carboxylic acids is 1. The van der Waals surface area contributed by atoms with Crippen LogP contribution in [0.3, 0.4) is 0 Å². The fourth-order valence-corrected chi connectivity index (χ4v) is 2.49. The number of fused-ring (bicyclic) bond motifs is 1. The molecule has 8 heteroatoms. The van der Waals surface area contributed by atoms with Gasteiger partial charge < -0.3 is 15.4 Å². The average molecular weight is 275 g/mol. The summed E-state index contributed by atoms with van der Waals surface area (Å²) in [6, 6.07) is 2.73. The minimum Gasteiger partial charge on any atom is -0.479 e. The van der Waals surface area contributed by atoms with Gasteiger partial charge in [0.2, 0.25) is 0 Å². The van der Waals surface area contributed by atoms with Crippen LogP contribution in [0.5, 0.6) is 0 Å². The van der Waals surface area contributed by atoms with Crippen molar-refractivity contribution >= 4 is 34.3 Å². The highest BCUT2D eigenvalue weighted by molar-refractivity contribution is 7.10. The number of nitrogens with one attached hydrogen (secondary N) is 2. The summed E-state index contributed by atoms with van der Waals surface area (Å²) in [5.74, 6) is -0.544. The topological polar surface area (TPSA) is 104 Å². The third kappa shape index (κ3) is 2.13. The lowest BCUT2D eigenvalue weighted by atomic mass is 10.2. The second-order valence-corrected chi connectivity index (χ2v) is 4.73. The number of H-pyrrole nitrogens is 1. The minimum absolute atomic E-state index is 0.420. The number of rotatable bonds is 4. The number of carboxylic acids is 1. The summed E-state index contributed by atoms with van der Waals surface area (Å²) in [7, 11) is 0. The van der Waals surface area contributed by atoms with Crippen molar-refractivity contribution < 1.29 is 9.90 Å². The summed E-state index contributed by atoms with van der Waals surface area (Å²) in [6.45, 7) is 0. The van der Waals surface area contributed by atoms with E-state index in [1.54, 1.807) is 6.07 Å². The molecule has 0 spiro atoms. The molecule has 0 fully saturated rings. The Kier molecular flexibility index (Phi) is 2.84. The molecule has 0 saturated carbocycles. The number of hydrogen-bond donors (Lipinski definition) is 3. The number of aromatic nitrogens is 4. The molecule has 0 saturated heterocycles. The molecule has 3 N–H and O–H groups in total. The maximum Gasteiger partial charge on any atom is 0.331 e. The summed E-state index contributed by atoms with van der Waals surface area (Å²) in [6.07, 6.45) is 2.84. The summed E-state index contributed by atoms with van der Waals surface area (Å²) in [5, 5.41) is 14.0. The first-order valence-electron chi connectivity index (χ1n) is 5.42. The van der Waals surface area contributed by atoms with E-state index in [0.717, 1.165) is 0 Å². The lowest BCUT2D eigenvalue weighted by Gasteiger charge is -2.13. The molecule has 0 aliphatic rings. The van der Waals surface area contributed by atoms with Gasteiger partial charge in [0, 0.05) is 4.88 Å². The van der Waals surface area contributed by atoms with Gasteiger partial charge in [0.1, 0.15) is 11.8 Å². The molecule has 7 nitrogen and oxygen atoms in total. The van der Waals surface area contributed by atoms with E-state index in [9.17, 15) is 9.90 Å². The van der Waals surface area contributed by atoms with Gasteiger partial charge in [0.15, 0.2) is 17.5 Å². The van der Waals surface area contributed by atoms with Crippen LogP contribution in [0.1, 0.15) is 10.9 Å². The molecule has 3 rings (SSSR count). The van der Waals surface area contributed by atoms with Gasteiger partial charge in [0.25, 0.3) is 0 Å². The molecule has 0 bridgehead atoms. The number of carbonyl (C=O) groups is 1. The number of hydrogen-bond acceptors (Lipinski definition) is 6. The smallest absolute Gasteiger partial charge is 0.331 e. The molecule has 0 amide bonds. The molecule has 0 aliphatic carbocycles. The van der Waals surface area contributed by atoms with Crippen molar-refractivity contribution in [1.82, 2.24) is 19.9 Å². The first kappa shape index (κ1) is 11.6. The summed E-state index contributed by atoms with van der Waals surface area (Å²) in [5.41, 5.74) is 1.08. The molecular formula is C11H9N5O2S. The maximum absolute atomic E-state index is 11.4. The number of nitrogens with zero attached hydrogens (tertiary/aromatic N) is 3. The van der Waals surface area contributed by atoms with E-state index in [4.69, 9.17) is 0 Å². The van der Waals surface area contributed by atoms with Crippen LogP contribution >= 0.6 is 11.3 Å². The Morgan fingerprint density at radius 3 is 3.05 bits per heavy atom. The van der Waals surface area contributed by atoms with Crippen LogP contribution < -0.4 is 5.32 Å². The number of aromatic amines is 1. The first-order chi connectivity index (χ1) is 9.25. The highest BCUT2D eigenvalue weighted by Gasteiger charge is 2.22. The van der Waals surface area contributed by atoms with Gasteiger partial charge in [-0.3, -0.25) is 0 Å². The zero-order valence-corrected chi connectivity index (χ0v) is 10.4. The average Bonchev–Trinajstić information content (AvgIpc) is 3.06. The predicted octanol–water partition coefficient (Wildman–Crippen LogP) is 1.65. The largest absolute Gasteiger partial charge is 0.479 e. The Hall–Kier alpha value is -2.48. The van der Waals surface area contributed by atoms with Crippen molar-refractivity contribution in [3.8, 4) is 0 Å². The van der Waals surface area contributed by atoms with Crippen molar-refractivity contribution in [2.75, 3.05) is 5.32 Å². The fraction of sp³-hybridized carbons (Fsp3) is 0.0909. The first-order valence-corrected chi connectivity index (χ1v) is 6.30. The summed E-state index contributed by atoms with van der Waals surface area (Å²) < 4.78 is 0. The Morgan fingerprint density at radius 2 is 2.32 bits per heavy atom. The number of anilines is 1. The zero-order valence-electron chi connectivity index (χ0n) is 9.57. The quantitative estimate of drug-likeness (QED) is 0.669. The van der Waals surface area contributed by atoms with Crippen molar-refractivity contribution in [3.63, 3.8) is 0 Å². The van der Waals surface area contributed by atoms with Crippen molar-refractivity contribution in [1.29, 1.82) is 0 Å². The highest BCUT2D eigenvalue weighted by atomic mass is 32.1. The van der Waals surface area contributed by atoms with E-state index in [2.05, 4.69) is 25.3 Å². The van der Waals surface area contributed by atoms with Gasteiger partial charge >= 0.3 is 5.97 Å². The summed E-state index contributed by atoms with van der Waals surface area (Å²) in [4.78, 5) is 27.0. The SMILES string of the molecule is O=C(O)C(Nc1ncnc2nc[nH]c12)c1cccs1. The van der Waals surface area contributed by atoms with Gasteiger partial charge in [-0.2, -0.15) is 0 Å². The molecular weight excluding hydrogens is 266 g/mol. The van der Waals surface area contributed by atoms with Crippen LogP contribution in [0.4, 0.5) is 5.82 Å². The van der Waals surface area contributed by atoms with Crippen molar-refractivity contribution in [2.45, 2.75) is 6.04 Å². The molecule has 3 aromatic rings. The number of imidazole rings is 1. The van der Waals surface area contributed by atoms with Crippen LogP contribution in [0.15, 0.2) is 30.2 Å². The molecule has 1 atom stereocenters. The molecule has 19 heavy (non-hydrogen) atoms. The monoisotopic (exact) mass is 275 g/mol. The zero-order chi connectivity index (χ0) is 13.2. The second kappa shape index (κ2) is 4.65. The van der Waals surface area contributed by atoms with Crippen LogP contribution in [-0.2, 0) is 4.79 Å². The van der Waals surface area contributed by atoms with Gasteiger partial charge in [-0.1, -0.05) is 6.07 Å². The Morgan fingerprint density at radius 1 is 1.42 bits per heavy atom. The van der Waals surface area contributed by atoms with Gasteiger partial charge in [-0.05, 0) is 11.4 Å². The van der Waals surface area contributed by atoms with Crippen LogP contribution in [-0.4, -0.2) is 31.0 Å².